The molecule has 1 rings (SSSR count). The molecule has 100 valence electrons. The van der Waals surface area contributed by atoms with Crippen LogP contribution in [0.4, 0.5) is 0 Å². The lowest BCUT2D eigenvalue weighted by atomic mass is 10.2. The van der Waals surface area contributed by atoms with Gasteiger partial charge in [0, 0.05) is 0 Å². The molecule has 4 nitrogen and oxygen atoms in total. The van der Waals surface area contributed by atoms with E-state index < -0.39 is 5.97 Å². The molecule has 4 heteroatoms. The van der Waals surface area contributed by atoms with Gasteiger partial charge in [0.1, 0.15) is 17.1 Å². The summed E-state index contributed by atoms with van der Waals surface area (Å²) in [6.45, 7) is 2.53. The van der Waals surface area contributed by atoms with E-state index in [4.69, 9.17) is 14.2 Å². The number of carbonyl (C=O) groups excluding carboxylic acids is 1. The molecule has 0 atom stereocenters. The minimum absolute atomic E-state index is 0.346. The van der Waals surface area contributed by atoms with E-state index in [0.29, 0.717) is 23.7 Å². The van der Waals surface area contributed by atoms with Crippen LogP contribution in [0.2, 0.25) is 0 Å². The fraction of sp³-hybridized carbons (Fsp3) is 0.500. The van der Waals surface area contributed by atoms with Gasteiger partial charge in [-0.15, -0.1) is 0 Å². The molecule has 0 fully saturated rings. The van der Waals surface area contributed by atoms with E-state index >= 15 is 0 Å². The standard InChI is InChI=1S/C14H20O4/c1-4-5-6-10-18-14(15)13-11(16-2)8-7-9-12(13)17-3/h7-9H,4-6,10H2,1-3H3. The Labute approximate surface area is 108 Å². The van der Waals surface area contributed by atoms with Gasteiger partial charge in [0.05, 0.1) is 20.8 Å². The molecule has 0 unspecified atom stereocenters. The first-order valence-corrected chi connectivity index (χ1v) is 6.12. The third kappa shape index (κ3) is 3.65. The molecule has 1 aromatic rings. The normalized spacial score (nSPS) is 9.94. The number of unbranched alkanes of at least 4 members (excludes halogenated alkanes) is 2. The Morgan fingerprint density at radius 3 is 2.22 bits per heavy atom. The first-order chi connectivity index (χ1) is 8.74. The highest BCUT2D eigenvalue weighted by Gasteiger charge is 2.19. The van der Waals surface area contributed by atoms with E-state index in [1.807, 2.05) is 0 Å². The number of ether oxygens (including phenoxy) is 3. The average Bonchev–Trinajstić information content (AvgIpc) is 2.42. The van der Waals surface area contributed by atoms with Crippen molar-refractivity contribution >= 4 is 5.97 Å². The van der Waals surface area contributed by atoms with Crippen LogP contribution in [0.15, 0.2) is 18.2 Å². The topological polar surface area (TPSA) is 44.8 Å². The van der Waals surface area contributed by atoms with Crippen molar-refractivity contribution in [1.29, 1.82) is 0 Å². The number of rotatable bonds is 7. The summed E-state index contributed by atoms with van der Waals surface area (Å²) < 4.78 is 15.5. The molecular weight excluding hydrogens is 232 g/mol. The summed E-state index contributed by atoms with van der Waals surface area (Å²) in [5.74, 6) is 0.532. The van der Waals surface area contributed by atoms with Gasteiger partial charge in [-0.25, -0.2) is 4.79 Å². The maximum absolute atomic E-state index is 12.0. The van der Waals surface area contributed by atoms with E-state index in [1.54, 1.807) is 18.2 Å². The van der Waals surface area contributed by atoms with Gasteiger partial charge >= 0.3 is 5.97 Å². The van der Waals surface area contributed by atoms with Crippen LogP contribution in [0.25, 0.3) is 0 Å². The molecule has 0 heterocycles. The monoisotopic (exact) mass is 252 g/mol. The van der Waals surface area contributed by atoms with Gasteiger partial charge in [-0.3, -0.25) is 0 Å². The van der Waals surface area contributed by atoms with Gasteiger partial charge in [-0.05, 0) is 18.6 Å². The zero-order valence-corrected chi connectivity index (χ0v) is 11.2. The van der Waals surface area contributed by atoms with Gasteiger partial charge in [-0.1, -0.05) is 25.8 Å². The summed E-state index contributed by atoms with van der Waals surface area (Å²) in [4.78, 5) is 12.0. The minimum atomic E-state index is -0.402. The van der Waals surface area contributed by atoms with Crippen molar-refractivity contribution in [1.82, 2.24) is 0 Å². The molecule has 0 aromatic heterocycles. The third-order valence-electron chi connectivity index (χ3n) is 2.61. The summed E-state index contributed by atoms with van der Waals surface area (Å²) >= 11 is 0. The van der Waals surface area contributed by atoms with Gasteiger partial charge < -0.3 is 14.2 Å². The van der Waals surface area contributed by atoms with E-state index in [9.17, 15) is 4.79 Å². The predicted molar refractivity (Wildman–Crippen MR) is 69.4 cm³/mol. The lowest BCUT2D eigenvalue weighted by Crippen LogP contribution is -2.10. The maximum Gasteiger partial charge on any atom is 0.345 e. The van der Waals surface area contributed by atoms with Gasteiger partial charge in [0.15, 0.2) is 0 Å². The maximum atomic E-state index is 12.0. The van der Waals surface area contributed by atoms with E-state index in [-0.39, 0.29) is 0 Å². The Morgan fingerprint density at radius 2 is 1.72 bits per heavy atom. The van der Waals surface area contributed by atoms with Crippen molar-refractivity contribution in [3.8, 4) is 11.5 Å². The summed E-state index contributed by atoms with van der Waals surface area (Å²) in [6, 6.07) is 5.20. The lowest BCUT2D eigenvalue weighted by Gasteiger charge is -2.12. The number of esters is 1. The first kappa shape index (κ1) is 14.4. The van der Waals surface area contributed by atoms with Crippen LogP contribution in [0.5, 0.6) is 11.5 Å². The Bertz CT molecular complexity index is 365. The number of carbonyl (C=O) groups is 1. The summed E-state index contributed by atoms with van der Waals surface area (Å²) in [5, 5.41) is 0. The second kappa shape index (κ2) is 7.58. The van der Waals surface area contributed by atoms with Crippen LogP contribution >= 0.6 is 0 Å². The zero-order valence-electron chi connectivity index (χ0n) is 11.2. The molecule has 1 aromatic carbocycles. The van der Waals surface area contributed by atoms with E-state index in [1.165, 1.54) is 14.2 Å². The molecule has 0 N–H and O–H groups in total. The van der Waals surface area contributed by atoms with Crippen molar-refractivity contribution in [2.24, 2.45) is 0 Å². The van der Waals surface area contributed by atoms with Crippen LogP contribution in [0, 0.1) is 0 Å². The van der Waals surface area contributed by atoms with Crippen LogP contribution in [-0.2, 0) is 4.74 Å². The molecule has 0 spiro atoms. The van der Waals surface area contributed by atoms with Gasteiger partial charge in [-0.2, -0.15) is 0 Å². The van der Waals surface area contributed by atoms with Crippen LogP contribution in [-0.4, -0.2) is 26.8 Å². The highest BCUT2D eigenvalue weighted by molar-refractivity contribution is 5.95. The Hall–Kier alpha value is -1.71. The number of methoxy groups -OCH3 is 2. The largest absolute Gasteiger partial charge is 0.496 e. The Balaban J connectivity index is 2.76. The molecular formula is C14H20O4. The van der Waals surface area contributed by atoms with Crippen LogP contribution in [0.1, 0.15) is 36.5 Å². The molecule has 0 radical (unpaired) electrons. The Morgan fingerprint density at radius 1 is 1.11 bits per heavy atom. The van der Waals surface area contributed by atoms with E-state index in [2.05, 4.69) is 6.92 Å². The first-order valence-electron chi connectivity index (χ1n) is 6.12. The van der Waals surface area contributed by atoms with Gasteiger partial charge in [0.25, 0.3) is 0 Å². The average molecular weight is 252 g/mol. The highest BCUT2D eigenvalue weighted by Crippen LogP contribution is 2.28. The molecule has 0 bridgehead atoms. The quantitative estimate of drug-likeness (QED) is 0.552. The summed E-state index contributed by atoms with van der Waals surface area (Å²) in [5.41, 5.74) is 0.346. The van der Waals surface area contributed by atoms with Crippen LogP contribution < -0.4 is 9.47 Å². The minimum Gasteiger partial charge on any atom is -0.496 e. The van der Waals surface area contributed by atoms with Crippen molar-refractivity contribution in [2.75, 3.05) is 20.8 Å². The second-order valence-electron chi connectivity index (χ2n) is 3.88. The third-order valence-corrected chi connectivity index (χ3v) is 2.61. The fourth-order valence-corrected chi connectivity index (χ4v) is 1.64. The highest BCUT2D eigenvalue weighted by atomic mass is 16.5. The molecule has 0 amide bonds. The summed E-state index contributed by atoms with van der Waals surface area (Å²) in [7, 11) is 3.03. The Kier molecular flexibility index (Phi) is 6.05. The lowest BCUT2D eigenvalue weighted by molar-refractivity contribution is 0.0490. The molecule has 0 aliphatic carbocycles. The van der Waals surface area contributed by atoms with Crippen LogP contribution in [0.3, 0.4) is 0 Å². The van der Waals surface area contributed by atoms with Gasteiger partial charge in [0.2, 0.25) is 0 Å². The number of hydrogen-bond acceptors (Lipinski definition) is 4. The van der Waals surface area contributed by atoms with Crippen molar-refractivity contribution in [3.63, 3.8) is 0 Å². The van der Waals surface area contributed by atoms with Crippen molar-refractivity contribution in [3.05, 3.63) is 23.8 Å². The smallest absolute Gasteiger partial charge is 0.345 e. The predicted octanol–water partition coefficient (Wildman–Crippen LogP) is 3.05. The SMILES string of the molecule is CCCCCOC(=O)c1c(OC)cccc1OC. The molecule has 0 saturated heterocycles. The van der Waals surface area contributed by atoms with E-state index in [0.717, 1.165) is 19.3 Å². The number of benzene rings is 1. The molecule has 18 heavy (non-hydrogen) atoms. The number of hydrogen-bond donors (Lipinski definition) is 0. The fourth-order valence-electron chi connectivity index (χ4n) is 1.64. The van der Waals surface area contributed by atoms with Crippen molar-refractivity contribution in [2.45, 2.75) is 26.2 Å². The molecule has 0 aliphatic heterocycles. The van der Waals surface area contributed by atoms with Crippen molar-refractivity contribution < 1.29 is 19.0 Å². The summed E-state index contributed by atoms with van der Waals surface area (Å²) in [6.07, 6.45) is 3.02. The molecule has 0 aliphatic rings. The zero-order chi connectivity index (χ0) is 13.4. The second-order valence-corrected chi connectivity index (χ2v) is 3.88. The molecule has 0 saturated carbocycles.